The van der Waals surface area contributed by atoms with Crippen LogP contribution < -0.4 is 5.73 Å². The van der Waals surface area contributed by atoms with E-state index in [1.165, 1.54) is 69.0 Å². The number of piperidine rings is 1. The first kappa shape index (κ1) is 15.1. The Balaban J connectivity index is 1.83. The highest BCUT2D eigenvalue weighted by Gasteiger charge is 2.34. The van der Waals surface area contributed by atoms with Gasteiger partial charge in [-0.15, -0.1) is 0 Å². The quantitative estimate of drug-likeness (QED) is 0.850. The number of nitrogens with two attached hydrogens (primary N) is 1. The van der Waals surface area contributed by atoms with Gasteiger partial charge in [0, 0.05) is 18.1 Å². The van der Waals surface area contributed by atoms with Gasteiger partial charge in [-0.2, -0.15) is 0 Å². The van der Waals surface area contributed by atoms with E-state index in [2.05, 4.69) is 36.1 Å². The molecule has 1 aliphatic carbocycles. The van der Waals surface area contributed by atoms with Crippen LogP contribution in [0.1, 0.15) is 69.0 Å². The Labute approximate surface area is 129 Å². The van der Waals surface area contributed by atoms with E-state index in [1.807, 2.05) is 0 Å². The molecule has 1 saturated heterocycles. The first-order chi connectivity index (χ1) is 10.3. The van der Waals surface area contributed by atoms with Crippen LogP contribution >= 0.6 is 0 Å². The van der Waals surface area contributed by atoms with E-state index in [4.69, 9.17) is 5.73 Å². The lowest BCUT2D eigenvalue weighted by Gasteiger charge is -2.43. The summed E-state index contributed by atoms with van der Waals surface area (Å²) in [6.45, 7) is 3.57. The highest BCUT2D eigenvalue weighted by molar-refractivity contribution is 5.32. The molecule has 0 aromatic heterocycles. The van der Waals surface area contributed by atoms with E-state index in [0.29, 0.717) is 6.04 Å². The minimum Gasteiger partial charge on any atom is -0.323 e. The van der Waals surface area contributed by atoms with Crippen LogP contribution in [0, 0.1) is 0 Å². The minimum atomic E-state index is 0.196. The summed E-state index contributed by atoms with van der Waals surface area (Å²) in [7, 11) is 0. The van der Waals surface area contributed by atoms with Gasteiger partial charge in [-0.25, -0.2) is 0 Å². The molecule has 0 saturated carbocycles. The van der Waals surface area contributed by atoms with Gasteiger partial charge in [0.05, 0.1) is 0 Å². The molecule has 21 heavy (non-hydrogen) atoms. The molecule has 2 heteroatoms. The predicted molar refractivity (Wildman–Crippen MR) is 89.3 cm³/mol. The lowest BCUT2D eigenvalue weighted by Crippen LogP contribution is -2.50. The number of hydrogen-bond donors (Lipinski definition) is 1. The molecule has 3 atom stereocenters. The summed E-state index contributed by atoms with van der Waals surface area (Å²) in [4.78, 5) is 2.78. The molecule has 2 aliphatic rings. The van der Waals surface area contributed by atoms with Crippen molar-refractivity contribution >= 4 is 0 Å². The van der Waals surface area contributed by atoms with Crippen molar-refractivity contribution in [3.8, 4) is 0 Å². The minimum absolute atomic E-state index is 0.196. The Morgan fingerprint density at radius 2 is 2.00 bits per heavy atom. The summed E-state index contributed by atoms with van der Waals surface area (Å²) >= 11 is 0. The molecule has 1 aliphatic heterocycles. The Kier molecular flexibility index (Phi) is 4.97. The predicted octanol–water partition coefficient (Wildman–Crippen LogP) is 4.05. The highest BCUT2D eigenvalue weighted by atomic mass is 15.2. The fraction of sp³-hybridized carbons (Fsp3) is 0.684. The van der Waals surface area contributed by atoms with Crippen molar-refractivity contribution in [1.82, 2.24) is 4.90 Å². The van der Waals surface area contributed by atoms with Gasteiger partial charge in [0.25, 0.3) is 0 Å². The monoisotopic (exact) mass is 286 g/mol. The molecule has 3 rings (SSSR count). The first-order valence-corrected chi connectivity index (χ1v) is 8.90. The second-order valence-corrected chi connectivity index (χ2v) is 6.86. The maximum absolute atomic E-state index is 6.74. The molecule has 1 aromatic carbocycles. The molecule has 0 amide bonds. The SMILES string of the molecule is CCCC1CCCCN1C1CCCc2ccccc2C1N. The Morgan fingerprint density at radius 3 is 2.86 bits per heavy atom. The molecular formula is C19H30N2. The number of fused-ring (bicyclic) bond motifs is 1. The summed E-state index contributed by atoms with van der Waals surface area (Å²) in [5, 5.41) is 0. The van der Waals surface area contributed by atoms with Gasteiger partial charge in [-0.05, 0) is 56.2 Å². The van der Waals surface area contributed by atoms with Gasteiger partial charge in [-0.3, -0.25) is 4.90 Å². The van der Waals surface area contributed by atoms with Crippen molar-refractivity contribution in [3.05, 3.63) is 35.4 Å². The number of nitrogens with zero attached hydrogens (tertiary/aromatic N) is 1. The van der Waals surface area contributed by atoms with Gasteiger partial charge < -0.3 is 5.73 Å². The first-order valence-electron chi connectivity index (χ1n) is 8.90. The molecule has 3 unspecified atom stereocenters. The molecule has 0 spiro atoms. The Hall–Kier alpha value is -0.860. The van der Waals surface area contributed by atoms with Crippen molar-refractivity contribution in [3.63, 3.8) is 0 Å². The van der Waals surface area contributed by atoms with Crippen LogP contribution in [0.3, 0.4) is 0 Å². The average molecular weight is 286 g/mol. The zero-order chi connectivity index (χ0) is 14.7. The van der Waals surface area contributed by atoms with E-state index >= 15 is 0 Å². The Morgan fingerprint density at radius 1 is 1.14 bits per heavy atom. The van der Waals surface area contributed by atoms with E-state index < -0.39 is 0 Å². The van der Waals surface area contributed by atoms with Gasteiger partial charge in [0.2, 0.25) is 0 Å². The largest absolute Gasteiger partial charge is 0.323 e. The van der Waals surface area contributed by atoms with Crippen LogP contribution in [-0.2, 0) is 6.42 Å². The molecule has 2 nitrogen and oxygen atoms in total. The van der Waals surface area contributed by atoms with Gasteiger partial charge in [0.1, 0.15) is 0 Å². The third-order valence-corrected chi connectivity index (χ3v) is 5.50. The average Bonchev–Trinajstić information content (AvgIpc) is 2.68. The standard InChI is InChI=1S/C19H30N2/c1-2-8-16-11-5-6-14-21(16)18-13-7-10-15-9-3-4-12-17(15)19(18)20/h3-4,9,12,16,18-19H,2,5-8,10-11,13-14,20H2,1H3. The smallest absolute Gasteiger partial charge is 0.0455 e. The molecule has 1 heterocycles. The molecule has 0 radical (unpaired) electrons. The summed E-state index contributed by atoms with van der Waals surface area (Å²) in [5.41, 5.74) is 9.62. The molecule has 1 aromatic rings. The van der Waals surface area contributed by atoms with Crippen molar-refractivity contribution < 1.29 is 0 Å². The maximum Gasteiger partial charge on any atom is 0.0455 e. The molecular weight excluding hydrogens is 256 g/mol. The van der Waals surface area contributed by atoms with Gasteiger partial charge in [0.15, 0.2) is 0 Å². The Bertz CT molecular complexity index is 455. The topological polar surface area (TPSA) is 29.3 Å². The zero-order valence-electron chi connectivity index (χ0n) is 13.4. The van der Waals surface area contributed by atoms with Crippen LogP contribution in [0.5, 0.6) is 0 Å². The van der Waals surface area contributed by atoms with Crippen molar-refractivity contribution in [2.45, 2.75) is 76.4 Å². The number of rotatable bonds is 3. The summed E-state index contributed by atoms with van der Waals surface area (Å²) in [6.07, 6.45) is 10.5. The second-order valence-electron chi connectivity index (χ2n) is 6.86. The fourth-order valence-electron chi connectivity index (χ4n) is 4.45. The molecule has 116 valence electrons. The van der Waals surface area contributed by atoms with Crippen molar-refractivity contribution in [2.75, 3.05) is 6.54 Å². The van der Waals surface area contributed by atoms with Crippen molar-refractivity contribution in [1.29, 1.82) is 0 Å². The summed E-state index contributed by atoms with van der Waals surface area (Å²) in [6, 6.07) is 10.4. The summed E-state index contributed by atoms with van der Waals surface area (Å²) < 4.78 is 0. The molecule has 0 bridgehead atoms. The number of hydrogen-bond acceptors (Lipinski definition) is 2. The van der Waals surface area contributed by atoms with Crippen molar-refractivity contribution in [2.24, 2.45) is 5.73 Å². The van der Waals surface area contributed by atoms with Crippen LogP contribution in [0.25, 0.3) is 0 Å². The normalized spacial score (nSPS) is 30.7. The zero-order valence-corrected chi connectivity index (χ0v) is 13.4. The lowest BCUT2D eigenvalue weighted by molar-refractivity contribution is 0.0694. The summed E-state index contributed by atoms with van der Waals surface area (Å²) in [5.74, 6) is 0. The maximum atomic E-state index is 6.74. The number of aryl methyl sites for hydroxylation is 1. The van der Waals surface area contributed by atoms with Crippen LogP contribution in [0.2, 0.25) is 0 Å². The van der Waals surface area contributed by atoms with E-state index in [9.17, 15) is 0 Å². The van der Waals surface area contributed by atoms with E-state index in [-0.39, 0.29) is 6.04 Å². The van der Waals surface area contributed by atoms with Crippen LogP contribution in [0.15, 0.2) is 24.3 Å². The van der Waals surface area contributed by atoms with E-state index in [0.717, 1.165) is 6.04 Å². The third-order valence-electron chi connectivity index (χ3n) is 5.50. The van der Waals surface area contributed by atoms with Crippen LogP contribution in [0.4, 0.5) is 0 Å². The van der Waals surface area contributed by atoms with E-state index in [1.54, 1.807) is 0 Å². The lowest BCUT2D eigenvalue weighted by atomic mass is 9.90. The highest BCUT2D eigenvalue weighted by Crippen LogP contribution is 2.34. The number of likely N-dealkylation sites (tertiary alicyclic amines) is 1. The molecule has 1 fully saturated rings. The van der Waals surface area contributed by atoms with Crippen LogP contribution in [-0.4, -0.2) is 23.5 Å². The second kappa shape index (κ2) is 6.93. The van der Waals surface area contributed by atoms with Gasteiger partial charge >= 0.3 is 0 Å². The third kappa shape index (κ3) is 3.17. The molecule has 2 N–H and O–H groups in total. The number of benzene rings is 1. The van der Waals surface area contributed by atoms with Gasteiger partial charge in [-0.1, -0.05) is 44.0 Å². The fourth-order valence-corrected chi connectivity index (χ4v) is 4.45.